The van der Waals surface area contributed by atoms with Crippen LogP contribution in [0.4, 0.5) is 26.3 Å². The summed E-state index contributed by atoms with van der Waals surface area (Å²) in [7, 11) is 5.41. The van der Waals surface area contributed by atoms with Gasteiger partial charge in [0.25, 0.3) is 0 Å². The number of likely N-dealkylation sites (N-methyl/N-ethyl adjacent to an activating group) is 2. The average molecular weight is 660 g/mol. The minimum atomic E-state index is -5.08. The third-order valence-corrected chi connectivity index (χ3v) is 5.00. The molecule has 1 aromatic carbocycles. The lowest BCUT2D eigenvalue weighted by Gasteiger charge is -2.19. The molecule has 3 aromatic rings. The van der Waals surface area contributed by atoms with Gasteiger partial charge in [-0.3, -0.25) is 9.69 Å². The highest BCUT2D eigenvalue weighted by atomic mass is 79.9. The summed E-state index contributed by atoms with van der Waals surface area (Å²) in [4.78, 5) is 45.1. The number of amides is 1. The molecule has 0 unspecified atom stereocenters. The smallest absolute Gasteiger partial charge is 0.490 e. The number of alkyl halides is 6. The first kappa shape index (κ1) is 35.1. The monoisotopic (exact) mass is 659 g/mol. The maximum Gasteiger partial charge on any atom is 0.490 e. The van der Waals surface area contributed by atoms with Crippen molar-refractivity contribution in [3.63, 3.8) is 0 Å². The zero-order valence-electron chi connectivity index (χ0n) is 21.5. The number of pyridine rings is 1. The number of H-pyrrole nitrogens is 1. The van der Waals surface area contributed by atoms with Gasteiger partial charge in [-0.15, -0.1) is 0 Å². The van der Waals surface area contributed by atoms with E-state index in [-0.39, 0.29) is 5.91 Å². The fourth-order valence-corrected chi connectivity index (χ4v) is 2.82. The predicted molar refractivity (Wildman–Crippen MR) is 136 cm³/mol. The van der Waals surface area contributed by atoms with Gasteiger partial charge in [0.1, 0.15) is 18.2 Å². The molecule has 3 N–H and O–H groups in total. The predicted octanol–water partition coefficient (Wildman–Crippen LogP) is 4.05. The first-order chi connectivity index (χ1) is 18.8. The van der Waals surface area contributed by atoms with E-state index in [9.17, 15) is 31.1 Å². The van der Waals surface area contributed by atoms with Crippen molar-refractivity contribution in [2.75, 3.05) is 40.8 Å². The molecule has 226 valence electrons. The molecule has 1 amide bonds. The summed E-state index contributed by atoms with van der Waals surface area (Å²) in [6.45, 7) is 1.57. The molecule has 0 fully saturated rings. The third-order valence-electron chi connectivity index (χ3n) is 4.56. The van der Waals surface area contributed by atoms with E-state index in [0.29, 0.717) is 25.3 Å². The number of aromatic nitrogens is 3. The third kappa shape index (κ3) is 12.9. The molecular weight excluding hydrogens is 636 g/mol. The molecule has 0 aliphatic carbocycles. The van der Waals surface area contributed by atoms with Gasteiger partial charge in [-0.05, 0) is 53.3 Å². The second-order valence-electron chi connectivity index (χ2n) is 8.11. The summed E-state index contributed by atoms with van der Waals surface area (Å²) in [5.74, 6) is -3.89. The average Bonchev–Trinajstić information content (AvgIpc) is 3.27. The number of nitrogens with one attached hydrogen (secondary N) is 1. The molecule has 41 heavy (non-hydrogen) atoms. The Morgan fingerprint density at radius 1 is 0.976 bits per heavy atom. The molecule has 18 heteroatoms. The van der Waals surface area contributed by atoms with Crippen LogP contribution in [0.2, 0.25) is 0 Å². The van der Waals surface area contributed by atoms with Crippen molar-refractivity contribution in [3.05, 3.63) is 41.0 Å². The lowest BCUT2D eigenvalue weighted by Crippen LogP contribution is -2.36. The second kappa shape index (κ2) is 15.2. The Bertz CT molecular complexity index is 1290. The SMILES string of the molecule is CN(CCOc1ccc(-c2nc3ncc(Br)cc3[nH]2)cc1)CC(=O)N(C)C.O=C(O)C(F)(F)F.O=C(O)C(F)(F)F. The molecule has 0 radical (unpaired) electrons. The minimum Gasteiger partial charge on any atom is -0.492 e. The maximum atomic E-state index is 11.7. The van der Waals surface area contributed by atoms with Crippen molar-refractivity contribution in [1.29, 1.82) is 0 Å². The first-order valence-electron chi connectivity index (χ1n) is 11.0. The number of aromatic amines is 1. The number of carbonyl (C=O) groups excluding carboxylic acids is 1. The Morgan fingerprint density at radius 3 is 1.95 bits per heavy atom. The van der Waals surface area contributed by atoms with Crippen molar-refractivity contribution in [2.24, 2.45) is 0 Å². The number of hydrogen-bond donors (Lipinski definition) is 3. The van der Waals surface area contributed by atoms with E-state index in [2.05, 4.69) is 30.9 Å². The molecule has 3 rings (SSSR count). The Balaban J connectivity index is 0.000000497. The van der Waals surface area contributed by atoms with Crippen molar-refractivity contribution in [3.8, 4) is 17.1 Å². The van der Waals surface area contributed by atoms with Crippen molar-refractivity contribution >= 4 is 44.9 Å². The van der Waals surface area contributed by atoms with Crippen LogP contribution in [0.3, 0.4) is 0 Å². The zero-order valence-corrected chi connectivity index (χ0v) is 23.1. The molecule has 11 nitrogen and oxygen atoms in total. The Labute approximate surface area is 236 Å². The van der Waals surface area contributed by atoms with Crippen LogP contribution < -0.4 is 4.74 Å². The van der Waals surface area contributed by atoms with Gasteiger partial charge in [0, 0.05) is 36.9 Å². The number of halogens is 7. The van der Waals surface area contributed by atoms with Crippen molar-refractivity contribution in [2.45, 2.75) is 12.4 Å². The summed E-state index contributed by atoms with van der Waals surface area (Å²) >= 11 is 3.41. The van der Waals surface area contributed by atoms with E-state index in [0.717, 1.165) is 27.1 Å². The van der Waals surface area contributed by atoms with Crippen LogP contribution >= 0.6 is 15.9 Å². The highest BCUT2D eigenvalue weighted by molar-refractivity contribution is 9.10. The number of hydrogen-bond acceptors (Lipinski definition) is 7. The summed E-state index contributed by atoms with van der Waals surface area (Å²) in [6, 6.07) is 9.70. The van der Waals surface area contributed by atoms with Gasteiger partial charge in [0.15, 0.2) is 5.65 Å². The Kier molecular flexibility index (Phi) is 13.0. The summed E-state index contributed by atoms with van der Waals surface area (Å²) in [5, 5.41) is 14.2. The van der Waals surface area contributed by atoms with Crippen LogP contribution in [-0.4, -0.2) is 106 Å². The standard InChI is InChI=1S/C19H22BrN5O2.2C2HF3O2/c1-24(2)17(26)12-25(3)8-9-27-15-6-4-13(5-7-15)18-22-16-10-14(20)11-21-19(16)23-18;2*3-2(4,5)1(6)7/h4-7,10-11H,8-9,12H2,1-3H3,(H,21,22,23);2*(H,6,7). The number of carbonyl (C=O) groups is 3. The molecule has 0 saturated heterocycles. The maximum absolute atomic E-state index is 11.7. The van der Waals surface area contributed by atoms with Gasteiger partial charge >= 0.3 is 24.3 Å². The van der Waals surface area contributed by atoms with Crippen LogP contribution in [0, 0.1) is 0 Å². The number of aliphatic carboxylic acids is 2. The number of ether oxygens (including phenoxy) is 1. The summed E-state index contributed by atoms with van der Waals surface area (Å²) in [6.07, 6.45) is -8.44. The van der Waals surface area contributed by atoms with E-state index in [1.54, 1.807) is 25.2 Å². The highest BCUT2D eigenvalue weighted by Gasteiger charge is 2.38. The van der Waals surface area contributed by atoms with E-state index in [4.69, 9.17) is 24.5 Å². The van der Waals surface area contributed by atoms with Crippen LogP contribution in [0.15, 0.2) is 41.0 Å². The van der Waals surface area contributed by atoms with Crippen LogP contribution in [0.5, 0.6) is 5.75 Å². The van der Waals surface area contributed by atoms with Gasteiger partial charge in [-0.25, -0.2) is 19.6 Å². The molecule has 0 aliphatic rings. The molecule has 2 heterocycles. The number of nitrogens with zero attached hydrogens (tertiary/aromatic N) is 4. The molecular formula is C23H24BrF6N5O6. The van der Waals surface area contributed by atoms with Crippen molar-refractivity contribution in [1.82, 2.24) is 24.8 Å². The summed E-state index contributed by atoms with van der Waals surface area (Å²) < 4.78 is 70.1. The number of rotatable bonds is 7. The van der Waals surface area contributed by atoms with Gasteiger partial charge in [0.2, 0.25) is 5.91 Å². The molecule has 0 atom stereocenters. The van der Waals surface area contributed by atoms with Crippen LogP contribution in [-0.2, 0) is 14.4 Å². The Hall–Kier alpha value is -3.93. The first-order valence-corrected chi connectivity index (χ1v) is 11.8. The van der Waals surface area contributed by atoms with Crippen LogP contribution in [0.1, 0.15) is 0 Å². The number of fused-ring (bicyclic) bond motifs is 1. The van der Waals surface area contributed by atoms with Gasteiger partial charge < -0.3 is 24.8 Å². The number of carboxylic acids is 2. The van der Waals surface area contributed by atoms with Gasteiger partial charge in [0.05, 0.1) is 12.1 Å². The minimum absolute atomic E-state index is 0.0780. The van der Waals surface area contributed by atoms with Crippen LogP contribution in [0.25, 0.3) is 22.6 Å². The Morgan fingerprint density at radius 2 is 1.49 bits per heavy atom. The zero-order chi connectivity index (χ0) is 31.5. The topological polar surface area (TPSA) is 149 Å². The molecule has 2 aromatic heterocycles. The van der Waals surface area contributed by atoms with E-state index in [1.165, 1.54) is 0 Å². The fraction of sp³-hybridized carbons (Fsp3) is 0.348. The quantitative estimate of drug-likeness (QED) is 0.319. The second-order valence-corrected chi connectivity index (χ2v) is 9.03. The molecule has 0 bridgehead atoms. The lowest BCUT2D eigenvalue weighted by molar-refractivity contribution is -0.193. The summed E-state index contributed by atoms with van der Waals surface area (Å²) in [5.41, 5.74) is 2.53. The fourth-order valence-electron chi connectivity index (χ4n) is 2.49. The largest absolute Gasteiger partial charge is 0.492 e. The van der Waals surface area contributed by atoms with Crippen molar-refractivity contribution < 1.29 is 55.7 Å². The highest BCUT2D eigenvalue weighted by Crippen LogP contribution is 2.23. The van der Waals surface area contributed by atoms with E-state index in [1.807, 2.05) is 42.3 Å². The van der Waals surface area contributed by atoms with Gasteiger partial charge in [-0.1, -0.05) is 0 Å². The number of carboxylic acid groups (broad SMARTS) is 2. The van der Waals surface area contributed by atoms with E-state index < -0.39 is 24.3 Å². The molecule has 0 saturated carbocycles. The number of imidazole rings is 1. The lowest BCUT2D eigenvalue weighted by atomic mass is 10.2. The van der Waals surface area contributed by atoms with E-state index >= 15 is 0 Å². The normalized spacial score (nSPS) is 11.2. The van der Waals surface area contributed by atoms with Gasteiger partial charge in [-0.2, -0.15) is 26.3 Å². The molecule has 0 spiro atoms. The number of benzene rings is 1. The molecule has 0 aliphatic heterocycles.